The molecule has 2 fully saturated rings. The summed E-state index contributed by atoms with van der Waals surface area (Å²) in [5, 5.41) is 9.47. The number of aliphatic imine (C=N–C) groups is 1. The van der Waals surface area contributed by atoms with Crippen molar-refractivity contribution in [2.45, 2.75) is 32.6 Å². The van der Waals surface area contributed by atoms with Gasteiger partial charge < -0.3 is 20.7 Å². The third kappa shape index (κ3) is 7.97. The zero-order valence-electron chi connectivity index (χ0n) is 15.0. The van der Waals surface area contributed by atoms with Crippen LogP contribution in [0.2, 0.25) is 0 Å². The van der Waals surface area contributed by atoms with Crippen molar-refractivity contribution in [1.82, 2.24) is 20.9 Å². The fourth-order valence-corrected chi connectivity index (χ4v) is 2.66. The molecule has 0 spiro atoms. The predicted octanol–water partition coefficient (Wildman–Crippen LogP) is 0.180. The molecule has 0 atom stereocenters. The van der Waals surface area contributed by atoms with Gasteiger partial charge in [0.15, 0.2) is 5.96 Å². The van der Waals surface area contributed by atoms with E-state index in [9.17, 15) is 4.79 Å². The summed E-state index contributed by atoms with van der Waals surface area (Å²) in [5.74, 6) is 1.31. The maximum atomic E-state index is 11.6. The molecule has 0 aromatic heterocycles. The molecule has 0 aromatic carbocycles. The minimum Gasteiger partial charge on any atom is -0.379 e. The van der Waals surface area contributed by atoms with Crippen LogP contribution in [0.3, 0.4) is 0 Å². The van der Waals surface area contributed by atoms with Crippen molar-refractivity contribution in [1.29, 1.82) is 0 Å². The van der Waals surface area contributed by atoms with Crippen molar-refractivity contribution < 1.29 is 9.53 Å². The summed E-state index contributed by atoms with van der Waals surface area (Å²) < 4.78 is 5.36. The molecule has 0 bridgehead atoms. The molecular formula is C17H33N5O2. The van der Waals surface area contributed by atoms with Crippen molar-refractivity contribution in [3.05, 3.63) is 0 Å². The fraction of sp³-hybridized carbons (Fsp3) is 0.882. The summed E-state index contributed by atoms with van der Waals surface area (Å²) in [5.41, 5.74) is 0. The zero-order chi connectivity index (χ0) is 17.0. The van der Waals surface area contributed by atoms with Gasteiger partial charge in [-0.05, 0) is 39.2 Å². The van der Waals surface area contributed by atoms with E-state index in [4.69, 9.17) is 4.74 Å². The van der Waals surface area contributed by atoms with Crippen LogP contribution in [0.1, 0.15) is 32.6 Å². The van der Waals surface area contributed by atoms with Crippen LogP contribution in [0.25, 0.3) is 0 Å². The van der Waals surface area contributed by atoms with E-state index in [1.54, 1.807) is 0 Å². The van der Waals surface area contributed by atoms with Crippen molar-refractivity contribution in [3.8, 4) is 0 Å². The number of nitrogens with one attached hydrogen (secondary N) is 3. The van der Waals surface area contributed by atoms with E-state index in [1.165, 1.54) is 6.42 Å². The average Bonchev–Trinajstić information content (AvgIpc) is 3.44. The Bertz CT molecular complexity index is 392. The highest BCUT2D eigenvalue weighted by atomic mass is 16.5. The minimum atomic E-state index is 0.196. The van der Waals surface area contributed by atoms with Crippen LogP contribution in [0, 0.1) is 5.92 Å². The summed E-state index contributed by atoms with van der Waals surface area (Å²) in [6, 6.07) is 0. The molecular weight excluding hydrogens is 306 g/mol. The Balaban J connectivity index is 1.52. The second-order valence-corrected chi connectivity index (χ2v) is 6.41. The number of unbranched alkanes of at least 4 members (excludes halogenated alkanes) is 1. The van der Waals surface area contributed by atoms with Crippen molar-refractivity contribution >= 4 is 11.9 Å². The predicted molar refractivity (Wildman–Crippen MR) is 96.2 cm³/mol. The van der Waals surface area contributed by atoms with Gasteiger partial charge in [0.25, 0.3) is 0 Å². The standard InChI is InChI=1S/C17H33N5O2/c1-2-18-17(21-9-8-19-16(23)15-5-6-15)20-7-3-4-10-22-11-13-24-14-12-22/h15H,2-14H2,1H3,(H,19,23)(H2,18,20,21). The van der Waals surface area contributed by atoms with Gasteiger partial charge in [-0.15, -0.1) is 0 Å². The van der Waals surface area contributed by atoms with Crippen LogP contribution in [0.15, 0.2) is 4.99 Å². The molecule has 3 N–H and O–H groups in total. The summed E-state index contributed by atoms with van der Waals surface area (Å²) >= 11 is 0. The minimum absolute atomic E-state index is 0.196. The van der Waals surface area contributed by atoms with E-state index in [2.05, 4.69) is 32.8 Å². The molecule has 1 heterocycles. The SMILES string of the molecule is CCNC(=NCCCCN1CCOCC1)NCCNC(=O)C1CC1. The maximum absolute atomic E-state index is 11.6. The lowest BCUT2D eigenvalue weighted by molar-refractivity contribution is -0.122. The number of amides is 1. The summed E-state index contributed by atoms with van der Waals surface area (Å²) in [6.07, 6.45) is 4.36. The van der Waals surface area contributed by atoms with E-state index in [-0.39, 0.29) is 11.8 Å². The second kappa shape index (κ2) is 11.3. The first-order valence-corrected chi connectivity index (χ1v) is 9.39. The van der Waals surface area contributed by atoms with Gasteiger partial charge in [0, 0.05) is 45.2 Å². The van der Waals surface area contributed by atoms with E-state index < -0.39 is 0 Å². The van der Waals surface area contributed by atoms with Gasteiger partial charge in [0.1, 0.15) is 0 Å². The molecule has 1 saturated heterocycles. The van der Waals surface area contributed by atoms with E-state index in [1.807, 2.05) is 0 Å². The van der Waals surface area contributed by atoms with Gasteiger partial charge in [0.05, 0.1) is 13.2 Å². The lowest BCUT2D eigenvalue weighted by Crippen LogP contribution is -2.41. The molecule has 0 aromatic rings. The fourth-order valence-electron chi connectivity index (χ4n) is 2.66. The number of rotatable bonds is 10. The molecule has 7 nitrogen and oxygen atoms in total. The largest absolute Gasteiger partial charge is 0.379 e. The molecule has 1 saturated carbocycles. The molecule has 138 valence electrons. The van der Waals surface area contributed by atoms with Crippen LogP contribution in [0.5, 0.6) is 0 Å². The number of carbonyl (C=O) groups excluding carboxylic acids is 1. The van der Waals surface area contributed by atoms with Crippen molar-refractivity contribution in [2.24, 2.45) is 10.9 Å². The first-order valence-electron chi connectivity index (χ1n) is 9.39. The highest BCUT2D eigenvalue weighted by molar-refractivity contribution is 5.81. The highest BCUT2D eigenvalue weighted by Gasteiger charge is 2.28. The van der Waals surface area contributed by atoms with E-state index in [0.717, 1.165) is 71.2 Å². The quantitative estimate of drug-likeness (QED) is 0.301. The normalized spacial score (nSPS) is 19.1. The molecule has 24 heavy (non-hydrogen) atoms. The van der Waals surface area contributed by atoms with Gasteiger partial charge in [-0.25, -0.2) is 0 Å². The molecule has 0 unspecified atom stereocenters. The Morgan fingerprint density at radius 3 is 2.58 bits per heavy atom. The monoisotopic (exact) mass is 339 g/mol. The van der Waals surface area contributed by atoms with Gasteiger partial charge in [-0.1, -0.05) is 0 Å². The van der Waals surface area contributed by atoms with Gasteiger partial charge in [0.2, 0.25) is 5.91 Å². The Morgan fingerprint density at radius 2 is 1.88 bits per heavy atom. The van der Waals surface area contributed by atoms with Crippen LogP contribution in [-0.4, -0.2) is 75.8 Å². The third-order valence-corrected chi connectivity index (χ3v) is 4.27. The Kier molecular flexibility index (Phi) is 8.91. The van der Waals surface area contributed by atoms with Crippen molar-refractivity contribution in [3.63, 3.8) is 0 Å². The number of carbonyl (C=O) groups is 1. The van der Waals surface area contributed by atoms with Gasteiger partial charge in [-0.2, -0.15) is 0 Å². The summed E-state index contributed by atoms with van der Waals surface area (Å²) in [6.45, 7) is 10.1. The first kappa shape index (κ1) is 19.0. The molecule has 1 aliphatic heterocycles. The number of hydrogen-bond donors (Lipinski definition) is 3. The highest BCUT2D eigenvalue weighted by Crippen LogP contribution is 2.28. The topological polar surface area (TPSA) is 78.0 Å². The first-order chi connectivity index (χ1) is 11.8. The lowest BCUT2D eigenvalue weighted by atomic mass is 10.3. The Hall–Kier alpha value is -1.34. The molecule has 2 aliphatic rings. The zero-order valence-corrected chi connectivity index (χ0v) is 15.0. The van der Waals surface area contributed by atoms with Crippen LogP contribution in [-0.2, 0) is 9.53 Å². The smallest absolute Gasteiger partial charge is 0.223 e. The molecule has 1 amide bonds. The summed E-state index contributed by atoms with van der Waals surface area (Å²) in [4.78, 5) is 18.6. The number of hydrogen-bond acceptors (Lipinski definition) is 4. The van der Waals surface area contributed by atoms with Gasteiger partial charge >= 0.3 is 0 Å². The lowest BCUT2D eigenvalue weighted by Gasteiger charge is -2.26. The van der Waals surface area contributed by atoms with Crippen molar-refractivity contribution in [2.75, 3.05) is 59.0 Å². The molecule has 0 radical (unpaired) electrons. The van der Waals surface area contributed by atoms with Crippen LogP contribution < -0.4 is 16.0 Å². The van der Waals surface area contributed by atoms with Gasteiger partial charge in [-0.3, -0.25) is 14.7 Å². The average molecular weight is 339 g/mol. The Labute approximate surface area is 145 Å². The number of morpholine rings is 1. The Morgan fingerprint density at radius 1 is 1.12 bits per heavy atom. The molecule has 2 rings (SSSR count). The van der Waals surface area contributed by atoms with E-state index >= 15 is 0 Å². The van der Waals surface area contributed by atoms with Crippen LogP contribution in [0.4, 0.5) is 0 Å². The number of guanidine groups is 1. The molecule has 7 heteroatoms. The third-order valence-electron chi connectivity index (χ3n) is 4.27. The molecule has 1 aliphatic carbocycles. The van der Waals surface area contributed by atoms with E-state index in [0.29, 0.717) is 13.1 Å². The second-order valence-electron chi connectivity index (χ2n) is 6.41. The summed E-state index contributed by atoms with van der Waals surface area (Å²) in [7, 11) is 0. The number of ether oxygens (including phenoxy) is 1. The van der Waals surface area contributed by atoms with Crippen LogP contribution >= 0.6 is 0 Å². The maximum Gasteiger partial charge on any atom is 0.223 e. The number of nitrogens with zero attached hydrogens (tertiary/aromatic N) is 2.